The van der Waals surface area contributed by atoms with E-state index in [0.29, 0.717) is 5.59 Å². The molecule has 0 bridgehead atoms. The maximum Gasteiger partial charge on any atom is 0.518 e. The second-order valence-corrected chi connectivity index (χ2v) is 6.52. The molecule has 1 aliphatic rings. The van der Waals surface area contributed by atoms with Gasteiger partial charge in [-0.3, -0.25) is 0 Å². The average Bonchev–Trinajstić information content (AvgIpc) is 2.93. The monoisotopic (exact) mass is 285 g/mol. The SMILES string of the molecule is Cc1cccc(-n2cc(B3OC(C)(C)C(C)(C)O3)nn2)c1. The summed E-state index contributed by atoms with van der Waals surface area (Å²) in [6.45, 7) is 10.2. The standard InChI is InChI=1S/C15H20BN3O2/c1-11-7-6-8-12(9-11)19-10-13(17-18-19)16-20-14(2,3)15(4,5)21-16/h6-10H,1-5H3. The molecule has 21 heavy (non-hydrogen) atoms. The zero-order valence-corrected chi connectivity index (χ0v) is 13.1. The Kier molecular flexibility index (Phi) is 3.18. The van der Waals surface area contributed by atoms with E-state index in [4.69, 9.17) is 9.31 Å². The fraction of sp³-hybridized carbons (Fsp3) is 0.467. The Balaban J connectivity index is 1.87. The van der Waals surface area contributed by atoms with E-state index in [1.54, 1.807) is 4.68 Å². The first-order chi connectivity index (χ1) is 9.78. The van der Waals surface area contributed by atoms with Crippen molar-refractivity contribution in [3.63, 3.8) is 0 Å². The van der Waals surface area contributed by atoms with Gasteiger partial charge in [-0.05, 0) is 52.3 Å². The van der Waals surface area contributed by atoms with Crippen molar-refractivity contribution in [3.8, 4) is 5.69 Å². The molecule has 0 spiro atoms. The summed E-state index contributed by atoms with van der Waals surface area (Å²) in [5.41, 5.74) is 2.11. The van der Waals surface area contributed by atoms with Crippen molar-refractivity contribution in [2.75, 3.05) is 0 Å². The van der Waals surface area contributed by atoms with Crippen LogP contribution in [0.5, 0.6) is 0 Å². The van der Waals surface area contributed by atoms with Crippen LogP contribution in [0.25, 0.3) is 5.69 Å². The summed E-state index contributed by atoms with van der Waals surface area (Å²) in [7, 11) is -0.478. The second kappa shape index (κ2) is 4.68. The molecular weight excluding hydrogens is 265 g/mol. The maximum absolute atomic E-state index is 5.98. The number of hydrogen-bond acceptors (Lipinski definition) is 4. The molecule has 1 aromatic carbocycles. The van der Waals surface area contributed by atoms with Crippen LogP contribution in [0.4, 0.5) is 0 Å². The first-order valence-corrected chi connectivity index (χ1v) is 7.13. The maximum atomic E-state index is 5.98. The highest BCUT2D eigenvalue weighted by Gasteiger charge is 2.52. The summed E-state index contributed by atoms with van der Waals surface area (Å²) in [5, 5.41) is 8.37. The predicted octanol–water partition coefficient (Wildman–Crippen LogP) is 1.87. The van der Waals surface area contributed by atoms with Gasteiger partial charge < -0.3 is 9.31 Å². The van der Waals surface area contributed by atoms with Crippen LogP contribution in [0.15, 0.2) is 30.5 Å². The van der Waals surface area contributed by atoms with E-state index in [1.165, 1.54) is 5.56 Å². The molecule has 5 nitrogen and oxygen atoms in total. The Labute approximate surface area is 125 Å². The molecule has 110 valence electrons. The third-order valence-corrected chi connectivity index (χ3v) is 4.27. The molecule has 0 saturated carbocycles. The van der Waals surface area contributed by atoms with Crippen molar-refractivity contribution >= 4 is 12.7 Å². The van der Waals surface area contributed by atoms with Gasteiger partial charge in [0.05, 0.1) is 23.1 Å². The zero-order valence-electron chi connectivity index (χ0n) is 13.1. The van der Waals surface area contributed by atoms with Crippen LogP contribution >= 0.6 is 0 Å². The molecule has 3 rings (SSSR count). The van der Waals surface area contributed by atoms with Gasteiger partial charge in [0, 0.05) is 0 Å². The lowest BCUT2D eigenvalue weighted by atomic mass is 9.86. The van der Waals surface area contributed by atoms with Crippen LogP contribution in [-0.4, -0.2) is 33.3 Å². The lowest BCUT2D eigenvalue weighted by Crippen LogP contribution is -2.41. The Morgan fingerprint density at radius 2 is 1.76 bits per heavy atom. The summed E-state index contributed by atoms with van der Waals surface area (Å²) < 4.78 is 13.7. The smallest absolute Gasteiger partial charge is 0.398 e. The number of hydrogen-bond donors (Lipinski definition) is 0. The first kappa shape index (κ1) is 14.3. The highest BCUT2D eigenvalue weighted by Crippen LogP contribution is 2.36. The Hall–Kier alpha value is -1.66. The third-order valence-electron chi connectivity index (χ3n) is 4.27. The summed E-state index contributed by atoms with van der Waals surface area (Å²) in [6, 6.07) is 8.11. The van der Waals surface area contributed by atoms with E-state index in [1.807, 2.05) is 46.0 Å². The van der Waals surface area contributed by atoms with Gasteiger partial charge in [-0.25, -0.2) is 4.68 Å². The number of nitrogens with zero attached hydrogens (tertiary/aromatic N) is 3. The minimum atomic E-state index is -0.478. The Bertz CT molecular complexity index is 650. The van der Waals surface area contributed by atoms with E-state index < -0.39 is 7.12 Å². The van der Waals surface area contributed by atoms with E-state index >= 15 is 0 Å². The van der Waals surface area contributed by atoms with Crippen molar-refractivity contribution < 1.29 is 9.31 Å². The molecule has 1 aliphatic heterocycles. The van der Waals surface area contributed by atoms with Crippen molar-refractivity contribution in [2.24, 2.45) is 0 Å². The fourth-order valence-electron chi connectivity index (χ4n) is 2.25. The van der Waals surface area contributed by atoms with Crippen LogP contribution < -0.4 is 5.59 Å². The average molecular weight is 285 g/mol. The molecule has 2 aromatic rings. The summed E-state index contributed by atoms with van der Waals surface area (Å²) >= 11 is 0. The topological polar surface area (TPSA) is 49.2 Å². The summed E-state index contributed by atoms with van der Waals surface area (Å²) in [4.78, 5) is 0. The molecule has 2 heterocycles. The van der Waals surface area contributed by atoms with Gasteiger partial charge in [-0.15, -0.1) is 5.10 Å². The summed E-state index contributed by atoms with van der Waals surface area (Å²) in [6.07, 6.45) is 1.86. The van der Waals surface area contributed by atoms with Gasteiger partial charge in [-0.1, -0.05) is 17.3 Å². The molecule has 6 heteroatoms. The molecule has 1 fully saturated rings. The molecule has 0 unspecified atom stereocenters. The number of rotatable bonds is 2. The third kappa shape index (κ3) is 2.49. The van der Waals surface area contributed by atoms with Gasteiger partial charge >= 0.3 is 7.12 Å². The van der Waals surface area contributed by atoms with Gasteiger partial charge in [0.25, 0.3) is 0 Å². The minimum absolute atomic E-state index is 0.370. The number of benzene rings is 1. The number of aromatic nitrogens is 3. The highest BCUT2D eigenvalue weighted by molar-refractivity contribution is 6.61. The molecule has 1 saturated heterocycles. The largest absolute Gasteiger partial charge is 0.518 e. The first-order valence-electron chi connectivity index (χ1n) is 7.13. The van der Waals surface area contributed by atoms with Gasteiger partial charge in [-0.2, -0.15) is 0 Å². The molecule has 0 N–H and O–H groups in total. The lowest BCUT2D eigenvalue weighted by molar-refractivity contribution is 0.00578. The fourth-order valence-corrected chi connectivity index (χ4v) is 2.25. The molecule has 0 radical (unpaired) electrons. The predicted molar refractivity (Wildman–Crippen MR) is 81.8 cm³/mol. The van der Waals surface area contributed by atoms with Crippen LogP contribution in [0.1, 0.15) is 33.3 Å². The Morgan fingerprint density at radius 1 is 1.10 bits per heavy atom. The highest BCUT2D eigenvalue weighted by atomic mass is 16.7. The van der Waals surface area contributed by atoms with Crippen molar-refractivity contribution in [1.29, 1.82) is 0 Å². The second-order valence-electron chi connectivity index (χ2n) is 6.52. The van der Waals surface area contributed by atoms with Crippen molar-refractivity contribution in [2.45, 2.75) is 45.8 Å². The van der Waals surface area contributed by atoms with Crippen LogP contribution in [0.3, 0.4) is 0 Å². The molecule has 1 aromatic heterocycles. The lowest BCUT2D eigenvalue weighted by Gasteiger charge is -2.32. The quantitative estimate of drug-likeness (QED) is 0.790. The van der Waals surface area contributed by atoms with Crippen LogP contribution in [0, 0.1) is 6.92 Å². The normalized spacial score (nSPS) is 20.0. The van der Waals surface area contributed by atoms with Gasteiger partial charge in [0.15, 0.2) is 0 Å². The molecule has 0 atom stereocenters. The van der Waals surface area contributed by atoms with E-state index in [9.17, 15) is 0 Å². The van der Waals surface area contributed by atoms with Crippen molar-refractivity contribution in [3.05, 3.63) is 36.0 Å². The van der Waals surface area contributed by atoms with E-state index in [-0.39, 0.29) is 11.2 Å². The Morgan fingerprint density at radius 3 is 2.38 bits per heavy atom. The van der Waals surface area contributed by atoms with E-state index in [2.05, 4.69) is 29.4 Å². The molecular formula is C15H20BN3O2. The zero-order chi connectivity index (χ0) is 15.3. The summed E-state index contributed by atoms with van der Waals surface area (Å²) in [5.74, 6) is 0. The van der Waals surface area contributed by atoms with Crippen LogP contribution in [0.2, 0.25) is 0 Å². The van der Waals surface area contributed by atoms with Crippen LogP contribution in [-0.2, 0) is 9.31 Å². The molecule has 0 amide bonds. The minimum Gasteiger partial charge on any atom is -0.398 e. The van der Waals surface area contributed by atoms with E-state index in [0.717, 1.165) is 5.69 Å². The van der Waals surface area contributed by atoms with Gasteiger partial charge in [0.1, 0.15) is 5.59 Å². The number of aryl methyl sites for hydroxylation is 1. The molecule has 0 aliphatic carbocycles. The van der Waals surface area contributed by atoms with Crippen molar-refractivity contribution in [1.82, 2.24) is 15.0 Å². The van der Waals surface area contributed by atoms with Gasteiger partial charge in [0.2, 0.25) is 0 Å².